The SMILES string of the molecule is Cc1nc2c(cnn2-c2ccc(F)cc2)c(=O)n1CCC(=O)N(C)c1ccccc1. The number of aromatic nitrogens is 4. The Kier molecular flexibility index (Phi) is 5.14. The number of fused-ring (bicyclic) bond motifs is 1. The summed E-state index contributed by atoms with van der Waals surface area (Å²) in [6.07, 6.45) is 1.60. The van der Waals surface area contributed by atoms with E-state index in [1.165, 1.54) is 27.6 Å². The standard InChI is InChI=1S/C22H20FN5O2/c1-15-25-21-19(14-24-28(21)18-10-8-16(23)9-11-18)22(30)27(15)13-12-20(29)26(2)17-6-4-3-5-7-17/h3-11,14H,12-13H2,1-2H3. The minimum atomic E-state index is -0.355. The van der Waals surface area contributed by atoms with Gasteiger partial charge in [-0.1, -0.05) is 18.2 Å². The van der Waals surface area contributed by atoms with Crippen molar-refractivity contribution in [1.82, 2.24) is 19.3 Å². The number of amides is 1. The summed E-state index contributed by atoms with van der Waals surface area (Å²) in [4.78, 5) is 31.6. The highest BCUT2D eigenvalue weighted by atomic mass is 19.1. The molecule has 152 valence electrons. The summed E-state index contributed by atoms with van der Waals surface area (Å²) in [5.74, 6) is 0.0213. The molecule has 30 heavy (non-hydrogen) atoms. The van der Waals surface area contributed by atoms with E-state index in [4.69, 9.17) is 0 Å². The van der Waals surface area contributed by atoms with Crippen molar-refractivity contribution < 1.29 is 9.18 Å². The number of hydrogen-bond acceptors (Lipinski definition) is 4. The average molecular weight is 405 g/mol. The number of aryl methyl sites for hydroxylation is 1. The molecule has 0 unspecified atom stereocenters. The van der Waals surface area contributed by atoms with Crippen molar-refractivity contribution in [3.63, 3.8) is 0 Å². The third kappa shape index (κ3) is 3.59. The van der Waals surface area contributed by atoms with E-state index in [0.29, 0.717) is 22.5 Å². The van der Waals surface area contributed by atoms with E-state index in [1.54, 1.807) is 31.0 Å². The van der Waals surface area contributed by atoms with Gasteiger partial charge in [-0.3, -0.25) is 14.2 Å². The first-order valence-corrected chi connectivity index (χ1v) is 9.48. The molecular weight excluding hydrogens is 385 g/mol. The first-order valence-electron chi connectivity index (χ1n) is 9.48. The molecule has 4 aromatic rings. The molecule has 0 saturated heterocycles. The molecule has 7 nitrogen and oxygen atoms in total. The molecule has 0 radical (unpaired) electrons. The van der Waals surface area contributed by atoms with Gasteiger partial charge in [-0.05, 0) is 43.3 Å². The first-order chi connectivity index (χ1) is 14.5. The average Bonchev–Trinajstić information content (AvgIpc) is 3.18. The molecule has 2 heterocycles. The van der Waals surface area contributed by atoms with Crippen LogP contribution in [0, 0.1) is 12.7 Å². The van der Waals surface area contributed by atoms with Crippen LogP contribution in [0.4, 0.5) is 10.1 Å². The summed E-state index contributed by atoms with van der Waals surface area (Å²) in [6, 6.07) is 15.1. The number of benzene rings is 2. The zero-order valence-electron chi connectivity index (χ0n) is 16.6. The van der Waals surface area contributed by atoms with Crippen LogP contribution in [0.1, 0.15) is 12.2 Å². The third-order valence-electron chi connectivity index (χ3n) is 5.02. The smallest absolute Gasteiger partial charge is 0.264 e. The van der Waals surface area contributed by atoms with Gasteiger partial charge in [0.2, 0.25) is 5.91 Å². The van der Waals surface area contributed by atoms with Gasteiger partial charge in [0.1, 0.15) is 17.0 Å². The fourth-order valence-corrected chi connectivity index (χ4v) is 3.31. The second kappa shape index (κ2) is 7.90. The summed E-state index contributed by atoms with van der Waals surface area (Å²) >= 11 is 0. The predicted octanol–water partition coefficient (Wildman–Crippen LogP) is 3.08. The number of rotatable bonds is 5. The number of anilines is 1. The molecule has 2 aromatic heterocycles. The quantitative estimate of drug-likeness (QED) is 0.512. The summed E-state index contributed by atoms with van der Waals surface area (Å²) in [7, 11) is 1.71. The molecule has 4 rings (SSSR count). The van der Waals surface area contributed by atoms with Gasteiger partial charge < -0.3 is 4.90 Å². The van der Waals surface area contributed by atoms with Crippen molar-refractivity contribution in [2.45, 2.75) is 19.9 Å². The van der Waals surface area contributed by atoms with Gasteiger partial charge in [0.05, 0.1) is 11.9 Å². The minimum Gasteiger partial charge on any atom is -0.315 e. The van der Waals surface area contributed by atoms with Crippen LogP contribution >= 0.6 is 0 Å². The molecule has 0 fully saturated rings. The molecule has 0 spiro atoms. The van der Waals surface area contributed by atoms with Crippen molar-refractivity contribution in [2.24, 2.45) is 0 Å². The summed E-state index contributed by atoms with van der Waals surface area (Å²) in [5, 5.41) is 4.59. The molecule has 0 atom stereocenters. The van der Waals surface area contributed by atoms with E-state index in [9.17, 15) is 14.0 Å². The lowest BCUT2D eigenvalue weighted by atomic mass is 10.2. The van der Waals surface area contributed by atoms with Crippen LogP contribution in [0.3, 0.4) is 0 Å². The Hall–Kier alpha value is -3.81. The van der Waals surface area contributed by atoms with Gasteiger partial charge in [-0.2, -0.15) is 5.10 Å². The third-order valence-corrected chi connectivity index (χ3v) is 5.02. The second-order valence-corrected chi connectivity index (χ2v) is 6.92. The van der Waals surface area contributed by atoms with Crippen LogP contribution in [-0.4, -0.2) is 32.3 Å². The predicted molar refractivity (Wildman–Crippen MR) is 112 cm³/mol. The number of para-hydroxylation sites is 1. The zero-order valence-corrected chi connectivity index (χ0v) is 16.6. The molecule has 1 amide bonds. The van der Waals surface area contributed by atoms with E-state index in [0.717, 1.165) is 5.69 Å². The maximum absolute atomic E-state index is 13.2. The fraction of sp³-hybridized carbons (Fsp3) is 0.182. The summed E-state index contributed by atoms with van der Waals surface area (Å²) in [6.45, 7) is 1.93. The second-order valence-electron chi connectivity index (χ2n) is 6.92. The number of hydrogen-bond donors (Lipinski definition) is 0. The van der Waals surface area contributed by atoms with Gasteiger partial charge in [0.25, 0.3) is 5.56 Å². The first kappa shape index (κ1) is 19.5. The van der Waals surface area contributed by atoms with Crippen molar-refractivity contribution in [1.29, 1.82) is 0 Å². The largest absolute Gasteiger partial charge is 0.315 e. The van der Waals surface area contributed by atoms with Crippen LogP contribution < -0.4 is 10.5 Å². The highest BCUT2D eigenvalue weighted by Crippen LogP contribution is 2.16. The monoisotopic (exact) mass is 405 g/mol. The maximum atomic E-state index is 13.2. The lowest BCUT2D eigenvalue weighted by Gasteiger charge is -2.18. The van der Waals surface area contributed by atoms with Crippen LogP contribution in [0.2, 0.25) is 0 Å². The number of halogens is 1. The molecule has 0 aliphatic carbocycles. The Morgan fingerprint density at radius 1 is 1.10 bits per heavy atom. The van der Waals surface area contributed by atoms with Crippen LogP contribution in [0.5, 0.6) is 0 Å². The Morgan fingerprint density at radius 2 is 1.80 bits per heavy atom. The molecule has 0 aliphatic rings. The van der Waals surface area contributed by atoms with E-state index in [2.05, 4.69) is 10.1 Å². The number of nitrogens with zero attached hydrogens (tertiary/aromatic N) is 5. The molecule has 8 heteroatoms. The van der Waals surface area contributed by atoms with Crippen LogP contribution in [-0.2, 0) is 11.3 Å². The van der Waals surface area contributed by atoms with Crippen LogP contribution in [0.15, 0.2) is 65.6 Å². The van der Waals surface area contributed by atoms with E-state index < -0.39 is 0 Å². The van der Waals surface area contributed by atoms with E-state index >= 15 is 0 Å². The lowest BCUT2D eigenvalue weighted by molar-refractivity contribution is -0.118. The molecule has 0 N–H and O–H groups in total. The van der Waals surface area contributed by atoms with Crippen LogP contribution in [0.25, 0.3) is 16.7 Å². The Labute approximate surface area is 172 Å². The van der Waals surface area contributed by atoms with Gasteiger partial charge in [0.15, 0.2) is 5.65 Å². The van der Waals surface area contributed by atoms with Gasteiger partial charge in [-0.25, -0.2) is 14.1 Å². The van der Waals surface area contributed by atoms with Crippen molar-refractivity contribution >= 4 is 22.6 Å². The Morgan fingerprint density at radius 3 is 2.50 bits per heavy atom. The summed E-state index contributed by atoms with van der Waals surface area (Å²) < 4.78 is 16.2. The maximum Gasteiger partial charge on any atom is 0.264 e. The van der Waals surface area contributed by atoms with Crippen molar-refractivity contribution in [2.75, 3.05) is 11.9 Å². The molecule has 0 bridgehead atoms. The van der Waals surface area contributed by atoms with Gasteiger partial charge >= 0.3 is 0 Å². The molecule has 2 aromatic carbocycles. The fourth-order valence-electron chi connectivity index (χ4n) is 3.31. The van der Waals surface area contributed by atoms with E-state index in [-0.39, 0.29) is 30.2 Å². The van der Waals surface area contributed by atoms with E-state index in [1.807, 2.05) is 30.3 Å². The lowest BCUT2D eigenvalue weighted by Crippen LogP contribution is -2.30. The molecule has 0 saturated carbocycles. The van der Waals surface area contributed by atoms with Crippen molar-refractivity contribution in [3.05, 3.63) is 82.8 Å². The summed E-state index contributed by atoms with van der Waals surface area (Å²) in [5.41, 5.74) is 1.53. The Bertz CT molecular complexity index is 1260. The number of carbonyl (C=O) groups is 1. The zero-order chi connectivity index (χ0) is 21.3. The minimum absolute atomic E-state index is 0.102. The molecular formula is C22H20FN5O2. The Balaban J connectivity index is 1.60. The topological polar surface area (TPSA) is 73.0 Å². The van der Waals surface area contributed by atoms with Gasteiger partial charge in [0, 0.05) is 25.7 Å². The van der Waals surface area contributed by atoms with Gasteiger partial charge in [-0.15, -0.1) is 0 Å². The van der Waals surface area contributed by atoms with Crippen molar-refractivity contribution in [3.8, 4) is 5.69 Å². The number of carbonyl (C=O) groups excluding carboxylic acids is 1. The molecule has 0 aliphatic heterocycles. The highest BCUT2D eigenvalue weighted by Gasteiger charge is 2.16. The highest BCUT2D eigenvalue weighted by molar-refractivity contribution is 5.92. The normalized spacial score (nSPS) is 11.0.